The molecule has 0 saturated heterocycles. The van der Waals surface area contributed by atoms with Gasteiger partial charge >= 0.3 is 0 Å². The summed E-state index contributed by atoms with van der Waals surface area (Å²) in [6, 6.07) is 9.62. The number of aromatic hydroxyl groups is 1. The van der Waals surface area contributed by atoms with Gasteiger partial charge in [0.15, 0.2) is 0 Å². The van der Waals surface area contributed by atoms with E-state index in [2.05, 4.69) is 28.4 Å². The molecule has 3 rings (SSSR count). The second kappa shape index (κ2) is 4.96. The topological polar surface area (TPSA) is 50.9 Å². The molecule has 1 N–H and O–H groups in total. The summed E-state index contributed by atoms with van der Waals surface area (Å²) in [6.07, 6.45) is 4.34. The molecule has 1 aromatic carbocycles. The highest BCUT2D eigenvalue weighted by Crippen LogP contribution is 2.22. The molecule has 2 heterocycles. The second-order valence-corrected chi connectivity index (χ2v) is 5.20. The van der Waals surface area contributed by atoms with Crippen molar-refractivity contribution in [3.63, 3.8) is 0 Å². The summed E-state index contributed by atoms with van der Waals surface area (Å²) in [6.45, 7) is 4.31. The average Bonchev–Trinajstić information content (AvgIpc) is 2.79. The lowest BCUT2D eigenvalue weighted by atomic mass is 10.1. The Bertz CT molecular complexity index is 729. The van der Waals surface area contributed by atoms with E-state index in [4.69, 9.17) is 0 Å². The third kappa shape index (κ3) is 2.25. The summed E-state index contributed by atoms with van der Waals surface area (Å²) in [5, 5.41) is 9.35. The maximum Gasteiger partial charge on any atom is 0.115 e. The predicted octanol–water partition coefficient (Wildman–Crippen LogP) is 3.31. The Hall–Kier alpha value is -2.36. The van der Waals surface area contributed by atoms with E-state index in [9.17, 15) is 5.11 Å². The van der Waals surface area contributed by atoms with E-state index in [1.165, 1.54) is 0 Å². The normalized spacial score (nSPS) is 11.3. The highest BCUT2D eigenvalue weighted by Gasteiger charge is 2.13. The fourth-order valence-corrected chi connectivity index (χ4v) is 2.50. The smallest absolute Gasteiger partial charge is 0.115 e. The van der Waals surface area contributed by atoms with E-state index in [0.29, 0.717) is 6.04 Å². The van der Waals surface area contributed by atoms with E-state index in [0.717, 1.165) is 28.8 Å². The largest absolute Gasteiger partial charge is 0.508 e. The zero-order valence-corrected chi connectivity index (χ0v) is 11.6. The van der Waals surface area contributed by atoms with Gasteiger partial charge in [-0.25, -0.2) is 4.98 Å². The van der Waals surface area contributed by atoms with E-state index in [1.807, 2.05) is 18.2 Å². The van der Waals surface area contributed by atoms with Gasteiger partial charge in [-0.1, -0.05) is 12.1 Å². The molecule has 0 bridgehead atoms. The number of imidazole rings is 1. The molecular weight excluding hydrogens is 250 g/mol. The van der Waals surface area contributed by atoms with Gasteiger partial charge in [-0.2, -0.15) is 0 Å². The monoisotopic (exact) mass is 267 g/mol. The summed E-state index contributed by atoms with van der Waals surface area (Å²) >= 11 is 0. The van der Waals surface area contributed by atoms with Crippen LogP contribution in [0.25, 0.3) is 11.0 Å². The van der Waals surface area contributed by atoms with Crippen LogP contribution in [0.5, 0.6) is 5.75 Å². The molecule has 0 saturated carbocycles. The minimum absolute atomic E-state index is 0.287. The van der Waals surface area contributed by atoms with Gasteiger partial charge in [-0.3, -0.25) is 4.98 Å². The zero-order chi connectivity index (χ0) is 14.1. The number of aromatic nitrogens is 3. The van der Waals surface area contributed by atoms with Gasteiger partial charge in [0.1, 0.15) is 17.1 Å². The molecule has 0 aliphatic carbocycles. The van der Waals surface area contributed by atoms with Crippen molar-refractivity contribution < 1.29 is 5.11 Å². The Balaban J connectivity index is 2.06. The molecule has 0 spiro atoms. The maximum atomic E-state index is 9.35. The Labute approximate surface area is 117 Å². The van der Waals surface area contributed by atoms with Crippen LogP contribution in [0.15, 0.2) is 42.7 Å². The number of nitrogens with zero attached hydrogens (tertiary/aromatic N) is 3. The van der Waals surface area contributed by atoms with Crippen molar-refractivity contribution in [1.82, 2.24) is 14.5 Å². The van der Waals surface area contributed by atoms with Crippen molar-refractivity contribution >= 4 is 11.0 Å². The molecule has 3 aromatic rings. The molecule has 0 fully saturated rings. The summed E-state index contributed by atoms with van der Waals surface area (Å²) in [7, 11) is 0. The molecule has 20 heavy (non-hydrogen) atoms. The SMILES string of the molecule is CC(C)n1c(Cc2ccc(O)cc2)nc2cnccc21. The number of benzene rings is 1. The standard InChI is InChI=1S/C16H17N3O/c1-11(2)19-15-7-8-17-10-14(15)18-16(19)9-12-3-5-13(20)6-4-12/h3-8,10-11,20H,9H2,1-2H3. The number of phenols is 1. The second-order valence-electron chi connectivity index (χ2n) is 5.20. The van der Waals surface area contributed by atoms with E-state index < -0.39 is 0 Å². The molecule has 102 valence electrons. The van der Waals surface area contributed by atoms with Crippen LogP contribution in [0.3, 0.4) is 0 Å². The summed E-state index contributed by atoms with van der Waals surface area (Å²) < 4.78 is 2.24. The van der Waals surface area contributed by atoms with E-state index in [1.54, 1.807) is 24.5 Å². The van der Waals surface area contributed by atoms with E-state index in [-0.39, 0.29) is 5.75 Å². The molecule has 0 aliphatic heterocycles. The van der Waals surface area contributed by atoms with Crippen LogP contribution in [0.1, 0.15) is 31.3 Å². The molecule has 2 aromatic heterocycles. The molecular formula is C16H17N3O. The lowest BCUT2D eigenvalue weighted by Crippen LogP contribution is -2.06. The third-order valence-electron chi connectivity index (χ3n) is 3.38. The molecule has 0 unspecified atom stereocenters. The van der Waals surface area contributed by atoms with Crippen molar-refractivity contribution in [3.8, 4) is 5.75 Å². The van der Waals surface area contributed by atoms with Gasteiger partial charge in [-0.15, -0.1) is 0 Å². The minimum Gasteiger partial charge on any atom is -0.508 e. The number of hydrogen-bond acceptors (Lipinski definition) is 3. The first-order chi connectivity index (χ1) is 9.65. The Morgan fingerprint density at radius 3 is 2.60 bits per heavy atom. The average molecular weight is 267 g/mol. The Kier molecular flexibility index (Phi) is 3.14. The van der Waals surface area contributed by atoms with Crippen molar-refractivity contribution in [2.75, 3.05) is 0 Å². The van der Waals surface area contributed by atoms with Crippen molar-refractivity contribution in [3.05, 3.63) is 54.1 Å². The highest BCUT2D eigenvalue weighted by molar-refractivity contribution is 5.75. The number of rotatable bonds is 3. The molecule has 0 radical (unpaired) electrons. The van der Waals surface area contributed by atoms with Crippen LogP contribution in [0.4, 0.5) is 0 Å². The zero-order valence-electron chi connectivity index (χ0n) is 11.6. The van der Waals surface area contributed by atoms with Crippen LogP contribution in [-0.4, -0.2) is 19.6 Å². The Morgan fingerprint density at radius 1 is 1.15 bits per heavy atom. The molecule has 0 amide bonds. The number of hydrogen-bond donors (Lipinski definition) is 1. The first-order valence-electron chi connectivity index (χ1n) is 6.74. The predicted molar refractivity (Wildman–Crippen MR) is 78.8 cm³/mol. The summed E-state index contributed by atoms with van der Waals surface area (Å²) in [5.41, 5.74) is 3.17. The lowest BCUT2D eigenvalue weighted by Gasteiger charge is -2.13. The molecule has 0 atom stereocenters. The first kappa shape index (κ1) is 12.7. The molecule has 0 aliphatic rings. The van der Waals surface area contributed by atoms with Crippen LogP contribution in [-0.2, 0) is 6.42 Å². The molecule has 4 nitrogen and oxygen atoms in total. The molecule has 4 heteroatoms. The van der Waals surface area contributed by atoms with Crippen molar-refractivity contribution in [2.45, 2.75) is 26.3 Å². The highest BCUT2D eigenvalue weighted by atomic mass is 16.3. The maximum absolute atomic E-state index is 9.35. The quantitative estimate of drug-likeness (QED) is 0.792. The lowest BCUT2D eigenvalue weighted by molar-refractivity contribution is 0.475. The van der Waals surface area contributed by atoms with Gasteiger partial charge < -0.3 is 9.67 Å². The van der Waals surface area contributed by atoms with E-state index >= 15 is 0 Å². The van der Waals surface area contributed by atoms with Crippen LogP contribution in [0.2, 0.25) is 0 Å². The van der Waals surface area contributed by atoms with Gasteiger partial charge in [0, 0.05) is 18.7 Å². The van der Waals surface area contributed by atoms with Gasteiger partial charge in [0.2, 0.25) is 0 Å². The number of phenolic OH excluding ortho intramolecular Hbond substituents is 1. The fraction of sp³-hybridized carbons (Fsp3) is 0.250. The van der Waals surface area contributed by atoms with Crippen molar-refractivity contribution in [1.29, 1.82) is 0 Å². The summed E-state index contributed by atoms with van der Waals surface area (Å²) in [5.74, 6) is 1.31. The first-order valence-corrected chi connectivity index (χ1v) is 6.74. The van der Waals surface area contributed by atoms with Crippen molar-refractivity contribution in [2.24, 2.45) is 0 Å². The minimum atomic E-state index is 0.287. The van der Waals surface area contributed by atoms with Gasteiger partial charge in [0.05, 0.1) is 11.7 Å². The third-order valence-corrected chi connectivity index (χ3v) is 3.38. The van der Waals surface area contributed by atoms with Crippen LogP contribution < -0.4 is 0 Å². The Morgan fingerprint density at radius 2 is 1.90 bits per heavy atom. The van der Waals surface area contributed by atoms with Gasteiger partial charge in [0.25, 0.3) is 0 Å². The fourth-order valence-electron chi connectivity index (χ4n) is 2.50. The summed E-state index contributed by atoms with van der Waals surface area (Å²) in [4.78, 5) is 8.83. The van der Waals surface area contributed by atoms with Gasteiger partial charge in [-0.05, 0) is 37.6 Å². The van der Waals surface area contributed by atoms with Crippen LogP contribution >= 0.6 is 0 Å². The number of fused-ring (bicyclic) bond motifs is 1. The number of pyridine rings is 1. The van der Waals surface area contributed by atoms with Crippen LogP contribution in [0, 0.1) is 0 Å².